The molecule has 0 bridgehead atoms. The second kappa shape index (κ2) is 7.78. The zero-order chi connectivity index (χ0) is 15.2. The topological polar surface area (TPSA) is 58.4 Å². The standard InChI is InChI=1S/C16H24ClN3O/c1-12-5-6-13(10-18)11-20(12)8-7-16(21)19-15-4-2-3-14(17)9-15/h2-4,9,12-13H,5-8,10-11,18H2,1H3,(H,19,21). The van der Waals surface area contributed by atoms with Crippen molar-refractivity contribution in [1.82, 2.24) is 4.90 Å². The van der Waals surface area contributed by atoms with Gasteiger partial charge in [-0.25, -0.2) is 0 Å². The number of nitrogens with zero attached hydrogens (tertiary/aromatic N) is 1. The Hall–Kier alpha value is -1.10. The molecule has 21 heavy (non-hydrogen) atoms. The average molecular weight is 310 g/mol. The van der Waals surface area contributed by atoms with Gasteiger partial charge in [0.2, 0.25) is 5.91 Å². The smallest absolute Gasteiger partial charge is 0.225 e. The lowest BCUT2D eigenvalue weighted by Crippen LogP contribution is -2.44. The number of benzene rings is 1. The van der Waals surface area contributed by atoms with Crippen molar-refractivity contribution >= 4 is 23.2 Å². The second-order valence-corrected chi connectivity index (χ2v) is 6.27. The third-order valence-corrected chi connectivity index (χ3v) is 4.41. The molecule has 1 aliphatic heterocycles. The van der Waals surface area contributed by atoms with Crippen LogP contribution in [0.5, 0.6) is 0 Å². The summed E-state index contributed by atoms with van der Waals surface area (Å²) >= 11 is 5.91. The molecule has 0 aliphatic carbocycles. The highest BCUT2D eigenvalue weighted by Crippen LogP contribution is 2.21. The molecule has 1 aromatic carbocycles. The number of amides is 1. The summed E-state index contributed by atoms with van der Waals surface area (Å²) in [4.78, 5) is 14.4. The summed E-state index contributed by atoms with van der Waals surface area (Å²) in [6.45, 7) is 4.74. The molecular weight excluding hydrogens is 286 g/mol. The molecule has 1 amide bonds. The van der Waals surface area contributed by atoms with E-state index in [2.05, 4.69) is 17.1 Å². The third-order valence-electron chi connectivity index (χ3n) is 4.18. The molecular formula is C16H24ClN3O. The summed E-state index contributed by atoms with van der Waals surface area (Å²) in [7, 11) is 0. The van der Waals surface area contributed by atoms with Crippen molar-refractivity contribution in [3.8, 4) is 0 Å². The number of hydrogen-bond acceptors (Lipinski definition) is 3. The van der Waals surface area contributed by atoms with Crippen LogP contribution in [0.4, 0.5) is 5.69 Å². The van der Waals surface area contributed by atoms with E-state index in [0.29, 0.717) is 23.4 Å². The Morgan fingerprint density at radius 2 is 2.29 bits per heavy atom. The van der Waals surface area contributed by atoms with Gasteiger partial charge in [0.05, 0.1) is 0 Å². The van der Waals surface area contributed by atoms with Crippen molar-refractivity contribution in [3.63, 3.8) is 0 Å². The molecule has 0 radical (unpaired) electrons. The first-order valence-electron chi connectivity index (χ1n) is 7.58. The quantitative estimate of drug-likeness (QED) is 0.879. The first-order chi connectivity index (χ1) is 10.1. The summed E-state index contributed by atoms with van der Waals surface area (Å²) in [5.41, 5.74) is 6.51. The SMILES string of the molecule is CC1CCC(CN)CN1CCC(=O)Nc1cccc(Cl)c1. The molecule has 1 saturated heterocycles. The molecule has 0 spiro atoms. The fourth-order valence-corrected chi connectivity index (χ4v) is 2.99. The molecule has 1 aliphatic rings. The minimum absolute atomic E-state index is 0.0272. The lowest BCUT2D eigenvalue weighted by molar-refractivity contribution is -0.116. The van der Waals surface area contributed by atoms with Gasteiger partial charge in [-0.3, -0.25) is 9.69 Å². The van der Waals surface area contributed by atoms with E-state index >= 15 is 0 Å². The maximum absolute atomic E-state index is 12.0. The van der Waals surface area contributed by atoms with Gasteiger partial charge in [0.25, 0.3) is 0 Å². The number of nitrogens with one attached hydrogen (secondary N) is 1. The van der Waals surface area contributed by atoms with Crippen LogP contribution < -0.4 is 11.1 Å². The highest BCUT2D eigenvalue weighted by Gasteiger charge is 2.24. The number of rotatable bonds is 5. The van der Waals surface area contributed by atoms with E-state index < -0.39 is 0 Å². The number of nitrogens with two attached hydrogens (primary N) is 1. The summed E-state index contributed by atoms with van der Waals surface area (Å²) in [6, 6.07) is 7.76. The van der Waals surface area contributed by atoms with Crippen LogP contribution in [-0.2, 0) is 4.79 Å². The van der Waals surface area contributed by atoms with Crippen molar-refractivity contribution < 1.29 is 4.79 Å². The van der Waals surface area contributed by atoms with Gasteiger partial charge in [0, 0.05) is 36.3 Å². The molecule has 2 rings (SSSR count). The third kappa shape index (κ3) is 4.99. The molecule has 4 nitrogen and oxygen atoms in total. The molecule has 2 atom stereocenters. The average Bonchev–Trinajstić information content (AvgIpc) is 2.46. The number of halogens is 1. The zero-order valence-electron chi connectivity index (χ0n) is 12.5. The molecule has 1 fully saturated rings. The van der Waals surface area contributed by atoms with Crippen molar-refractivity contribution in [2.45, 2.75) is 32.2 Å². The van der Waals surface area contributed by atoms with Gasteiger partial charge in [0.1, 0.15) is 0 Å². The zero-order valence-corrected chi connectivity index (χ0v) is 13.3. The van der Waals surface area contributed by atoms with Crippen molar-refractivity contribution in [3.05, 3.63) is 29.3 Å². The van der Waals surface area contributed by atoms with E-state index in [1.807, 2.05) is 12.1 Å². The van der Waals surface area contributed by atoms with E-state index in [1.54, 1.807) is 12.1 Å². The van der Waals surface area contributed by atoms with Gasteiger partial charge in [0.15, 0.2) is 0 Å². The Balaban J connectivity index is 1.80. The van der Waals surface area contributed by atoms with Gasteiger partial charge in [-0.15, -0.1) is 0 Å². The molecule has 5 heteroatoms. The predicted molar refractivity (Wildman–Crippen MR) is 87.5 cm³/mol. The normalized spacial score (nSPS) is 23.0. The molecule has 1 aromatic rings. The second-order valence-electron chi connectivity index (χ2n) is 5.83. The van der Waals surface area contributed by atoms with Crippen molar-refractivity contribution in [2.75, 3.05) is 25.0 Å². The van der Waals surface area contributed by atoms with E-state index in [9.17, 15) is 4.79 Å². The first kappa shape index (κ1) is 16.3. The fourth-order valence-electron chi connectivity index (χ4n) is 2.80. The van der Waals surface area contributed by atoms with E-state index in [-0.39, 0.29) is 5.91 Å². The van der Waals surface area contributed by atoms with Crippen LogP contribution in [0.15, 0.2) is 24.3 Å². The Labute approximate surface area is 131 Å². The fraction of sp³-hybridized carbons (Fsp3) is 0.562. The summed E-state index contributed by atoms with van der Waals surface area (Å²) in [6.07, 6.45) is 2.86. The molecule has 116 valence electrons. The van der Waals surface area contributed by atoms with Crippen LogP contribution in [0, 0.1) is 5.92 Å². The van der Waals surface area contributed by atoms with E-state index in [0.717, 1.165) is 31.7 Å². The summed E-state index contributed by atoms with van der Waals surface area (Å²) in [5, 5.41) is 3.52. The van der Waals surface area contributed by atoms with Gasteiger partial charge in [-0.1, -0.05) is 17.7 Å². The molecule has 3 N–H and O–H groups in total. The molecule has 0 aromatic heterocycles. The number of likely N-dealkylation sites (tertiary alicyclic amines) is 1. The van der Waals surface area contributed by atoms with Crippen LogP contribution in [0.1, 0.15) is 26.2 Å². The van der Waals surface area contributed by atoms with Crippen LogP contribution in [0.3, 0.4) is 0 Å². The van der Waals surface area contributed by atoms with Gasteiger partial charge in [-0.05, 0) is 50.4 Å². The Morgan fingerprint density at radius 3 is 3.00 bits per heavy atom. The highest BCUT2D eigenvalue weighted by atomic mass is 35.5. The minimum Gasteiger partial charge on any atom is -0.330 e. The summed E-state index contributed by atoms with van der Waals surface area (Å²) < 4.78 is 0. The minimum atomic E-state index is 0.0272. The first-order valence-corrected chi connectivity index (χ1v) is 7.96. The highest BCUT2D eigenvalue weighted by molar-refractivity contribution is 6.30. The number of anilines is 1. The van der Waals surface area contributed by atoms with Crippen LogP contribution in [0.25, 0.3) is 0 Å². The summed E-state index contributed by atoms with van der Waals surface area (Å²) in [5.74, 6) is 0.594. The van der Waals surface area contributed by atoms with Crippen LogP contribution in [-0.4, -0.2) is 36.5 Å². The van der Waals surface area contributed by atoms with Gasteiger partial charge < -0.3 is 11.1 Å². The Kier molecular flexibility index (Phi) is 6.03. The predicted octanol–water partition coefficient (Wildman–Crippen LogP) is 2.73. The van der Waals surface area contributed by atoms with Crippen molar-refractivity contribution in [2.24, 2.45) is 11.7 Å². The van der Waals surface area contributed by atoms with Crippen LogP contribution in [0.2, 0.25) is 5.02 Å². The monoisotopic (exact) mass is 309 g/mol. The molecule has 1 heterocycles. The van der Waals surface area contributed by atoms with Gasteiger partial charge >= 0.3 is 0 Å². The number of piperidine rings is 1. The van der Waals surface area contributed by atoms with Crippen LogP contribution >= 0.6 is 11.6 Å². The van der Waals surface area contributed by atoms with Gasteiger partial charge in [-0.2, -0.15) is 0 Å². The largest absolute Gasteiger partial charge is 0.330 e. The van der Waals surface area contributed by atoms with Crippen molar-refractivity contribution in [1.29, 1.82) is 0 Å². The lowest BCUT2D eigenvalue weighted by atomic mass is 9.93. The number of carbonyl (C=O) groups excluding carboxylic acids is 1. The lowest BCUT2D eigenvalue weighted by Gasteiger charge is -2.37. The number of carbonyl (C=O) groups is 1. The molecule has 0 saturated carbocycles. The maximum Gasteiger partial charge on any atom is 0.225 e. The Morgan fingerprint density at radius 1 is 1.48 bits per heavy atom. The van der Waals surface area contributed by atoms with E-state index in [4.69, 9.17) is 17.3 Å². The Bertz CT molecular complexity index is 480. The number of hydrogen-bond donors (Lipinski definition) is 2. The maximum atomic E-state index is 12.0. The molecule has 2 unspecified atom stereocenters. The van der Waals surface area contributed by atoms with E-state index in [1.165, 1.54) is 6.42 Å².